The zero-order valence-corrected chi connectivity index (χ0v) is 15.6. The zero-order chi connectivity index (χ0) is 18.1. The van der Waals surface area contributed by atoms with Gasteiger partial charge in [-0.2, -0.15) is 9.57 Å². The van der Waals surface area contributed by atoms with Crippen LogP contribution in [0, 0.1) is 11.3 Å². The fourth-order valence-electron chi connectivity index (χ4n) is 3.28. The number of nitriles is 1. The van der Waals surface area contributed by atoms with Gasteiger partial charge in [0.05, 0.1) is 31.8 Å². The Morgan fingerprint density at radius 3 is 2.65 bits per heavy atom. The molecule has 2 aromatic carbocycles. The third-order valence-electron chi connectivity index (χ3n) is 4.66. The van der Waals surface area contributed by atoms with Gasteiger partial charge in [-0.05, 0) is 49.2 Å². The molecular weight excluding hydrogens is 366 g/mol. The minimum absolute atomic E-state index is 0.120. The van der Waals surface area contributed by atoms with Crippen LogP contribution in [0.1, 0.15) is 29.3 Å². The van der Waals surface area contributed by atoms with Gasteiger partial charge in [-0.1, -0.05) is 12.1 Å². The first-order chi connectivity index (χ1) is 12.6. The van der Waals surface area contributed by atoms with E-state index in [0.717, 1.165) is 28.1 Å². The van der Waals surface area contributed by atoms with Gasteiger partial charge in [-0.3, -0.25) is 0 Å². The van der Waals surface area contributed by atoms with Gasteiger partial charge in [0.1, 0.15) is 0 Å². The second kappa shape index (κ2) is 6.80. The van der Waals surface area contributed by atoms with E-state index >= 15 is 0 Å². The summed E-state index contributed by atoms with van der Waals surface area (Å²) in [7, 11) is -3.56. The number of benzene rings is 2. The van der Waals surface area contributed by atoms with Gasteiger partial charge < -0.3 is 0 Å². The van der Waals surface area contributed by atoms with E-state index in [1.807, 2.05) is 30.3 Å². The molecular formula is C19H17N3O2S2. The average Bonchev–Trinajstić information content (AvgIpc) is 3.12. The van der Waals surface area contributed by atoms with Crippen molar-refractivity contribution >= 4 is 31.6 Å². The number of fused-ring (bicyclic) bond motifs is 1. The van der Waals surface area contributed by atoms with E-state index in [1.54, 1.807) is 27.8 Å². The van der Waals surface area contributed by atoms with Crippen LogP contribution in [0.2, 0.25) is 0 Å². The standard InChI is InChI=1S/C19H17N3O2S2/c20-12-14-7-9-16(10-8-14)26(23,24)22-11-3-4-15(13-22)19-21-17-5-1-2-6-18(17)25-19/h1-2,5-10,15H,3-4,11,13H2/t15-/m0/s1. The first kappa shape index (κ1) is 17.2. The van der Waals surface area contributed by atoms with E-state index in [4.69, 9.17) is 10.2 Å². The van der Waals surface area contributed by atoms with Crippen LogP contribution in [0.15, 0.2) is 53.4 Å². The van der Waals surface area contributed by atoms with E-state index < -0.39 is 10.0 Å². The summed E-state index contributed by atoms with van der Waals surface area (Å²) in [5.74, 6) is 0.120. The largest absolute Gasteiger partial charge is 0.243 e. The summed E-state index contributed by atoms with van der Waals surface area (Å²) in [5.41, 5.74) is 1.43. The molecule has 0 radical (unpaired) electrons. The van der Waals surface area contributed by atoms with Crippen molar-refractivity contribution in [1.29, 1.82) is 5.26 Å². The third kappa shape index (κ3) is 3.12. The number of rotatable bonds is 3. The van der Waals surface area contributed by atoms with Crippen LogP contribution in [-0.2, 0) is 10.0 Å². The van der Waals surface area contributed by atoms with Crippen LogP contribution < -0.4 is 0 Å². The molecule has 0 bridgehead atoms. The summed E-state index contributed by atoms with van der Waals surface area (Å²) in [4.78, 5) is 4.95. The van der Waals surface area contributed by atoms with Crippen molar-refractivity contribution in [1.82, 2.24) is 9.29 Å². The van der Waals surface area contributed by atoms with E-state index in [2.05, 4.69) is 0 Å². The molecule has 1 aromatic heterocycles. The molecule has 0 N–H and O–H groups in total. The first-order valence-electron chi connectivity index (χ1n) is 8.44. The van der Waals surface area contributed by atoms with E-state index in [0.29, 0.717) is 18.7 Å². The van der Waals surface area contributed by atoms with Crippen molar-refractivity contribution in [3.8, 4) is 6.07 Å². The molecule has 1 aliphatic rings. The minimum atomic E-state index is -3.56. The van der Waals surface area contributed by atoms with Gasteiger partial charge in [0, 0.05) is 19.0 Å². The van der Waals surface area contributed by atoms with Crippen molar-refractivity contribution in [3.05, 3.63) is 59.1 Å². The predicted octanol–water partition coefficient (Wildman–Crippen LogP) is 3.74. The van der Waals surface area contributed by atoms with Gasteiger partial charge in [0.2, 0.25) is 10.0 Å². The van der Waals surface area contributed by atoms with Gasteiger partial charge >= 0.3 is 0 Å². The summed E-state index contributed by atoms with van der Waals surface area (Å²) < 4.78 is 28.6. The van der Waals surface area contributed by atoms with Gasteiger partial charge in [-0.15, -0.1) is 11.3 Å². The first-order valence-corrected chi connectivity index (χ1v) is 10.7. The predicted molar refractivity (Wildman–Crippen MR) is 102 cm³/mol. The summed E-state index contributed by atoms with van der Waals surface area (Å²) >= 11 is 1.65. The summed E-state index contributed by atoms with van der Waals surface area (Å²) in [5, 5.41) is 9.89. The fraction of sp³-hybridized carbons (Fsp3) is 0.263. The number of para-hydroxylation sites is 1. The minimum Gasteiger partial charge on any atom is -0.241 e. The summed E-state index contributed by atoms with van der Waals surface area (Å²) in [6.45, 7) is 0.964. The Morgan fingerprint density at radius 1 is 1.15 bits per heavy atom. The lowest BCUT2D eigenvalue weighted by Gasteiger charge is -2.31. The fourth-order valence-corrected chi connectivity index (χ4v) is 5.89. The number of hydrogen-bond donors (Lipinski definition) is 0. The number of thiazole rings is 1. The summed E-state index contributed by atoms with van der Waals surface area (Å²) in [6, 6.07) is 16.1. The molecule has 5 nitrogen and oxygen atoms in total. The van der Waals surface area contributed by atoms with Crippen molar-refractivity contribution in [3.63, 3.8) is 0 Å². The maximum atomic E-state index is 13.0. The monoisotopic (exact) mass is 383 g/mol. The lowest BCUT2D eigenvalue weighted by atomic mass is 10.0. The maximum absolute atomic E-state index is 13.0. The number of aromatic nitrogens is 1. The van der Waals surface area contributed by atoms with Crippen LogP contribution in [-0.4, -0.2) is 30.8 Å². The molecule has 26 heavy (non-hydrogen) atoms. The second-order valence-electron chi connectivity index (χ2n) is 6.36. The molecule has 0 saturated carbocycles. The third-order valence-corrected chi connectivity index (χ3v) is 7.74. The Bertz CT molecular complexity index is 1050. The normalized spacial score (nSPS) is 18.7. The average molecular weight is 383 g/mol. The quantitative estimate of drug-likeness (QED) is 0.691. The molecule has 7 heteroatoms. The van der Waals surface area contributed by atoms with E-state index in [-0.39, 0.29) is 10.8 Å². The molecule has 0 amide bonds. The number of piperidine rings is 1. The zero-order valence-electron chi connectivity index (χ0n) is 14.0. The lowest BCUT2D eigenvalue weighted by Crippen LogP contribution is -2.39. The summed E-state index contributed by atoms with van der Waals surface area (Å²) in [6.07, 6.45) is 1.76. The highest BCUT2D eigenvalue weighted by atomic mass is 32.2. The molecule has 1 aliphatic heterocycles. The maximum Gasteiger partial charge on any atom is 0.243 e. The highest BCUT2D eigenvalue weighted by Gasteiger charge is 2.32. The number of sulfonamides is 1. The van der Waals surface area contributed by atoms with Gasteiger partial charge in [0.25, 0.3) is 0 Å². The smallest absolute Gasteiger partial charge is 0.241 e. The molecule has 132 valence electrons. The Kier molecular flexibility index (Phi) is 4.49. The van der Waals surface area contributed by atoms with Gasteiger partial charge in [-0.25, -0.2) is 13.4 Å². The molecule has 3 aromatic rings. The Hall–Kier alpha value is -2.27. The molecule has 1 saturated heterocycles. The SMILES string of the molecule is N#Cc1ccc(S(=O)(=O)N2CCC[C@H](c3nc4ccccc4s3)C2)cc1. The van der Waals surface area contributed by atoms with Gasteiger partial charge in [0.15, 0.2) is 0 Å². The van der Waals surface area contributed by atoms with E-state index in [1.165, 1.54) is 12.1 Å². The highest BCUT2D eigenvalue weighted by Crippen LogP contribution is 2.34. The molecule has 0 spiro atoms. The Morgan fingerprint density at radius 2 is 1.92 bits per heavy atom. The van der Waals surface area contributed by atoms with Crippen LogP contribution in [0.5, 0.6) is 0 Å². The van der Waals surface area contributed by atoms with Crippen LogP contribution in [0.4, 0.5) is 0 Å². The Labute approximate surface area is 156 Å². The highest BCUT2D eigenvalue weighted by molar-refractivity contribution is 7.89. The number of hydrogen-bond acceptors (Lipinski definition) is 5. The van der Waals surface area contributed by atoms with Crippen molar-refractivity contribution < 1.29 is 8.42 Å². The van der Waals surface area contributed by atoms with Crippen molar-refractivity contribution in [2.75, 3.05) is 13.1 Å². The molecule has 2 heterocycles. The van der Waals surface area contributed by atoms with Crippen molar-refractivity contribution in [2.24, 2.45) is 0 Å². The van der Waals surface area contributed by atoms with Crippen molar-refractivity contribution in [2.45, 2.75) is 23.7 Å². The van der Waals surface area contributed by atoms with Crippen LogP contribution in [0.25, 0.3) is 10.2 Å². The molecule has 1 fully saturated rings. The molecule has 0 unspecified atom stereocenters. The second-order valence-corrected chi connectivity index (χ2v) is 9.36. The molecule has 0 aliphatic carbocycles. The van der Waals surface area contributed by atoms with Crippen LogP contribution in [0.3, 0.4) is 0 Å². The Balaban J connectivity index is 1.60. The van der Waals surface area contributed by atoms with E-state index in [9.17, 15) is 8.42 Å². The van der Waals surface area contributed by atoms with Crippen LogP contribution >= 0.6 is 11.3 Å². The number of nitrogens with zero attached hydrogens (tertiary/aromatic N) is 3. The molecule has 1 atom stereocenters. The topological polar surface area (TPSA) is 74.1 Å². The molecule has 4 rings (SSSR count). The lowest BCUT2D eigenvalue weighted by molar-refractivity contribution is 0.315.